The highest BCUT2D eigenvalue weighted by Gasteiger charge is 2.17. The summed E-state index contributed by atoms with van der Waals surface area (Å²) in [5.74, 6) is -3.85. The van der Waals surface area contributed by atoms with Gasteiger partial charge in [0, 0.05) is 23.9 Å². The number of aromatic amines is 2. The van der Waals surface area contributed by atoms with Crippen LogP contribution in [0.15, 0.2) is 35.1 Å². The van der Waals surface area contributed by atoms with E-state index in [9.17, 15) is 23.2 Å². The van der Waals surface area contributed by atoms with Gasteiger partial charge in [-0.25, -0.2) is 8.78 Å². The van der Waals surface area contributed by atoms with Gasteiger partial charge in [-0.1, -0.05) is 17.7 Å². The average molecular weight is 458 g/mol. The molecule has 8 nitrogen and oxygen atoms in total. The van der Waals surface area contributed by atoms with E-state index in [-0.39, 0.29) is 46.6 Å². The molecular weight excluding hydrogens is 443 g/mol. The van der Waals surface area contributed by atoms with E-state index >= 15 is 0 Å². The van der Waals surface area contributed by atoms with Crippen molar-refractivity contribution in [2.75, 3.05) is 5.32 Å². The summed E-state index contributed by atoms with van der Waals surface area (Å²) < 4.78 is 26.4. The normalized spacial score (nSPS) is 10.3. The van der Waals surface area contributed by atoms with E-state index in [1.165, 1.54) is 6.07 Å². The van der Waals surface area contributed by atoms with Crippen LogP contribution in [0.5, 0.6) is 0 Å². The number of halogens is 4. The first-order valence-corrected chi connectivity index (χ1v) is 8.60. The fourth-order valence-corrected chi connectivity index (χ4v) is 2.63. The summed E-state index contributed by atoms with van der Waals surface area (Å²) in [6.07, 6.45) is 0. The zero-order valence-corrected chi connectivity index (χ0v) is 16.9. The molecule has 3 aromatic rings. The van der Waals surface area contributed by atoms with Gasteiger partial charge in [-0.05, 0) is 25.1 Å². The number of hydrogen-bond acceptors (Lipinski definition) is 4. The maximum absolute atomic E-state index is 13.3. The minimum Gasteiger partial charge on any atom is -0.346 e. The summed E-state index contributed by atoms with van der Waals surface area (Å²) in [5.41, 5.74) is 0.467. The standard InChI is InChI=1S/C18H14ClF2N5O3.ClH/c1-8-2-3-9(16(27)23-8)7-22-18(29)14-6-15(26-25-14)24-17(28)10-4-12(20)13(21)5-11(10)19;/h2-6H,7H2,1H3,(H,22,29)(H,23,27)(H2,24,25,26,28);1H. The average Bonchev–Trinajstić information content (AvgIpc) is 3.12. The smallest absolute Gasteiger partial charge is 0.269 e. The number of pyridine rings is 1. The molecule has 0 bridgehead atoms. The van der Waals surface area contributed by atoms with Crippen LogP contribution in [0, 0.1) is 18.6 Å². The minimum absolute atomic E-state index is 0. The van der Waals surface area contributed by atoms with Gasteiger partial charge in [-0.15, -0.1) is 12.4 Å². The number of aryl methyl sites for hydroxylation is 1. The molecule has 2 amide bonds. The second kappa shape index (κ2) is 9.51. The van der Waals surface area contributed by atoms with E-state index in [0.717, 1.165) is 0 Å². The zero-order valence-electron chi connectivity index (χ0n) is 15.3. The van der Waals surface area contributed by atoms with Crippen LogP contribution in [0.3, 0.4) is 0 Å². The quantitative estimate of drug-likeness (QED) is 0.440. The molecule has 0 saturated heterocycles. The first kappa shape index (κ1) is 23.0. The topological polar surface area (TPSA) is 120 Å². The Balaban J connectivity index is 0.00000320. The first-order chi connectivity index (χ1) is 13.7. The summed E-state index contributed by atoms with van der Waals surface area (Å²) in [7, 11) is 0. The minimum atomic E-state index is -1.23. The number of amides is 2. The number of hydrogen-bond donors (Lipinski definition) is 4. The maximum atomic E-state index is 13.3. The number of nitrogens with zero attached hydrogens (tertiary/aromatic N) is 1. The third kappa shape index (κ3) is 5.22. The lowest BCUT2D eigenvalue weighted by molar-refractivity contribution is 0.0944. The summed E-state index contributed by atoms with van der Waals surface area (Å²) >= 11 is 5.75. The number of nitrogens with one attached hydrogen (secondary N) is 4. The molecule has 0 saturated carbocycles. The van der Waals surface area contributed by atoms with Gasteiger partial charge in [0.25, 0.3) is 17.4 Å². The molecule has 1 aromatic carbocycles. The van der Waals surface area contributed by atoms with Crippen molar-refractivity contribution < 1.29 is 18.4 Å². The number of carbonyl (C=O) groups excluding carboxylic acids is 2. The molecule has 0 atom stereocenters. The summed E-state index contributed by atoms with van der Waals surface area (Å²) in [5, 5.41) is 10.8. The van der Waals surface area contributed by atoms with Crippen LogP contribution in [0.1, 0.15) is 32.1 Å². The van der Waals surface area contributed by atoms with E-state index in [1.54, 1.807) is 19.1 Å². The molecule has 4 N–H and O–H groups in total. The Kier molecular flexibility index (Phi) is 7.30. The molecule has 0 unspecified atom stereocenters. The molecule has 0 spiro atoms. The molecule has 0 fully saturated rings. The molecule has 0 aliphatic heterocycles. The Morgan fingerprint density at radius 3 is 2.53 bits per heavy atom. The van der Waals surface area contributed by atoms with Gasteiger partial charge in [0.05, 0.1) is 10.6 Å². The number of aromatic nitrogens is 3. The molecule has 30 heavy (non-hydrogen) atoms. The van der Waals surface area contributed by atoms with Crippen LogP contribution in [0.25, 0.3) is 0 Å². The second-order valence-corrected chi connectivity index (χ2v) is 6.45. The molecular formula is C18H15Cl2F2N5O3. The van der Waals surface area contributed by atoms with Crippen LogP contribution < -0.4 is 16.2 Å². The molecule has 0 aliphatic rings. The van der Waals surface area contributed by atoms with E-state index in [1.807, 2.05) is 0 Å². The van der Waals surface area contributed by atoms with Gasteiger partial charge < -0.3 is 15.6 Å². The fourth-order valence-electron chi connectivity index (χ4n) is 2.39. The second-order valence-electron chi connectivity index (χ2n) is 6.05. The Hall–Kier alpha value is -3.24. The number of H-pyrrole nitrogens is 2. The Morgan fingerprint density at radius 2 is 1.83 bits per heavy atom. The SMILES string of the molecule is Cc1ccc(CNC(=O)c2cc(NC(=O)c3cc(F)c(F)cc3Cl)n[nH]2)c(=O)[nH]1.Cl. The molecule has 3 rings (SSSR count). The largest absolute Gasteiger partial charge is 0.346 e. The van der Waals surface area contributed by atoms with Crippen molar-refractivity contribution in [1.82, 2.24) is 20.5 Å². The highest BCUT2D eigenvalue weighted by atomic mass is 35.5. The Labute approximate surface area is 179 Å². The van der Waals surface area contributed by atoms with Crippen LogP contribution >= 0.6 is 24.0 Å². The van der Waals surface area contributed by atoms with Crippen LogP contribution in [-0.2, 0) is 6.54 Å². The number of anilines is 1. The van der Waals surface area contributed by atoms with Crippen molar-refractivity contribution in [3.8, 4) is 0 Å². The van der Waals surface area contributed by atoms with Gasteiger partial charge in [0.1, 0.15) is 5.69 Å². The number of benzene rings is 1. The lowest BCUT2D eigenvalue weighted by atomic mass is 10.2. The van der Waals surface area contributed by atoms with Crippen molar-refractivity contribution in [2.45, 2.75) is 13.5 Å². The van der Waals surface area contributed by atoms with Crippen LogP contribution in [-0.4, -0.2) is 27.0 Å². The van der Waals surface area contributed by atoms with Gasteiger partial charge in [-0.3, -0.25) is 19.5 Å². The molecule has 12 heteroatoms. The third-order valence-electron chi connectivity index (χ3n) is 3.89. The predicted octanol–water partition coefficient (Wildman–Crippen LogP) is 2.94. The van der Waals surface area contributed by atoms with Gasteiger partial charge in [0.15, 0.2) is 17.5 Å². The highest BCUT2D eigenvalue weighted by Crippen LogP contribution is 2.21. The predicted molar refractivity (Wildman–Crippen MR) is 108 cm³/mol. The lowest BCUT2D eigenvalue weighted by Crippen LogP contribution is -2.27. The summed E-state index contributed by atoms with van der Waals surface area (Å²) in [6, 6.07) is 5.88. The van der Waals surface area contributed by atoms with Crippen LogP contribution in [0.2, 0.25) is 5.02 Å². The van der Waals surface area contributed by atoms with Crippen molar-refractivity contribution in [2.24, 2.45) is 0 Å². The highest BCUT2D eigenvalue weighted by molar-refractivity contribution is 6.34. The van der Waals surface area contributed by atoms with Crippen molar-refractivity contribution in [1.29, 1.82) is 0 Å². The van der Waals surface area contributed by atoms with E-state index < -0.39 is 23.4 Å². The zero-order chi connectivity index (χ0) is 21.1. The first-order valence-electron chi connectivity index (χ1n) is 8.23. The Morgan fingerprint density at radius 1 is 1.13 bits per heavy atom. The van der Waals surface area contributed by atoms with E-state index in [4.69, 9.17) is 11.6 Å². The van der Waals surface area contributed by atoms with E-state index in [2.05, 4.69) is 25.8 Å². The van der Waals surface area contributed by atoms with Crippen molar-refractivity contribution in [3.05, 3.63) is 79.9 Å². The summed E-state index contributed by atoms with van der Waals surface area (Å²) in [4.78, 5) is 38.8. The number of carbonyl (C=O) groups is 2. The van der Waals surface area contributed by atoms with E-state index in [0.29, 0.717) is 23.4 Å². The fraction of sp³-hybridized carbons (Fsp3) is 0.111. The van der Waals surface area contributed by atoms with Crippen LogP contribution in [0.4, 0.5) is 14.6 Å². The van der Waals surface area contributed by atoms with Gasteiger partial charge >= 0.3 is 0 Å². The lowest BCUT2D eigenvalue weighted by Gasteiger charge is -2.05. The molecule has 0 radical (unpaired) electrons. The summed E-state index contributed by atoms with van der Waals surface area (Å²) in [6.45, 7) is 1.72. The molecule has 158 valence electrons. The molecule has 2 heterocycles. The molecule has 0 aliphatic carbocycles. The number of rotatable bonds is 5. The van der Waals surface area contributed by atoms with Gasteiger partial charge in [0.2, 0.25) is 0 Å². The monoisotopic (exact) mass is 457 g/mol. The third-order valence-corrected chi connectivity index (χ3v) is 4.21. The Bertz CT molecular complexity index is 1160. The van der Waals surface area contributed by atoms with Crippen molar-refractivity contribution in [3.63, 3.8) is 0 Å². The van der Waals surface area contributed by atoms with Gasteiger partial charge in [-0.2, -0.15) is 5.10 Å². The maximum Gasteiger partial charge on any atom is 0.269 e. The molecule has 2 aromatic heterocycles. The van der Waals surface area contributed by atoms with Crippen molar-refractivity contribution >= 4 is 41.6 Å².